The Morgan fingerprint density at radius 3 is 2.39 bits per heavy atom. The van der Waals surface area contributed by atoms with Gasteiger partial charge in [-0.05, 0) is 48.4 Å². The molecule has 0 aliphatic carbocycles. The fraction of sp³-hybridized carbons (Fsp3) is 0.222. The Morgan fingerprint density at radius 2 is 1.78 bits per heavy atom. The summed E-state index contributed by atoms with van der Waals surface area (Å²) in [4.78, 5) is 25.4. The Bertz CT molecular complexity index is 710. The minimum Gasteiger partial charge on any atom is -0.426 e. The van der Waals surface area contributed by atoms with Crippen LogP contribution >= 0.6 is 11.6 Å². The molecule has 1 amide bonds. The molecule has 5 heteroatoms. The monoisotopic (exact) mass is 329 g/mol. The Labute approximate surface area is 139 Å². The summed E-state index contributed by atoms with van der Waals surface area (Å²) in [6.45, 7) is 0.745. The maximum absolute atomic E-state index is 11.9. The van der Waals surface area contributed by atoms with E-state index in [2.05, 4.69) is 0 Å². The van der Waals surface area contributed by atoms with Crippen molar-refractivity contribution in [2.75, 3.05) is 11.4 Å². The third-order valence-electron chi connectivity index (χ3n) is 3.72. The molecule has 1 fully saturated rings. The fourth-order valence-corrected chi connectivity index (χ4v) is 2.68. The normalized spacial score (nSPS) is 14.1. The fourth-order valence-electron chi connectivity index (χ4n) is 2.55. The molecular formula is C18H16ClNO3. The first-order valence-corrected chi connectivity index (χ1v) is 7.85. The molecule has 3 rings (SSSR count). The zero-order chi connectivity index (χ0) is 16.2. The molecule has 0 atom stereocenters. The number of hydrogen-bond acceptors (Lipinski definition) is 3. The number of carbonyl (C=O) groups excluding carboxylic acids is 2. The molecule has 0 bridgehead atoms. The first-order valence-electron chi connectivity index (χ1n) is 7.47. The molecular weight excluding hydrogens is 314 g/mol. The number of carbonyl (C=O) groups is 2. The predicted octanol–water partition coefficient (Wildman–Crippen LogP) is 3.61. The SMILES string of the molecule is O=C(Cc1ccc(Cl)cc1)Oc1ccc(N2CCCC2=O)cc1. The summed E-state index contributed by atoms with van der Waals surface area (Å²) >= 11 is 5.81. The van der Waals surface area contributed by atoms with Crippen LogP contribution in [0.3, 0.4) is 0 Å². The van der Waals surface area contributed by atoms with Gasteiger partial charge in [0.05, 0.1) is 6.42 Å². The number of ether oxygens (including phenoxy) is 1. The Hall–Kier alpha value is -2.33. The molecule has 1 saturated heterocycles. The molecule has 0 aromatic heterocycles. The summed E-state index contributed by atoms with van der Waals surface area (Å²) in [5.41, 5.74) is 1.68. The first kappa shape index (κ1) is 15.6. The highest BCUT2D eigenvalue weighted by Crippen LogP contribution is 2.24. The van der Waals surface area contributed by atoms with Gasteiger partial charge in [-0.3, -0.25) is 9.59 Å². The molecule has 0 spiro atoms. The summed E-state index contributed by atoms with van der Waals surface area (Å²) in [6.07, 6.45) is 1.66. The van der Waals surface area contributed by atoms with Crippen molar-refractivity contribution in [2.24, 2.45) is 0 Å². The van der Waals surface area contributed by atoms with E-state index >= 15 is 0 Å². The molecule has 0 saturated carbocycles. The van der Waals surface area contributed by atoms with Crippen molar-refractivity contribution in [1.29, 1.82) is 0 Å². The topological polar surface area (TPSA) is 46.6 Å². The van der Waals surface area contributed by atoms with Crippen molar-refractivity contribution < 1.29 is 14.3 Å². The van der Waals surface area contributed by atoms with E-state index < -0.39 is 0 Å². The van der Waals surface area contributed by atoms with Crippen LogP contribution in [-0.2, 0) is 16.0 Å². The van der Waals surface area contributed by atoms with E-state index in [1.807, 2.05) is 0 Å². The summed E-state index contributed by atoms with van der Waals surface area (Å²) in [5, 5.41) is 0.633. The lowest BCUT2D eigenvalue weighted by atomic mass is 10.1. The second-order valence-electron chi connectivity index (χ2n) is 5.42. The maximum atomic E-state index is 11.9. The highest BCUT2D eigenvalue weighted by Gasteiger charge is 2.21. The van der Waals surface area contributed by atoms with Crippen LogP contribution in [0.15, 0.2) is 48.5 Å². The van der Waals surface area contributed by atoms with E-state index in [0.717, 1.165) is 24.2 Å². The van der Waals surface area contributed by atoms with Crippen LogP contribution in [-0.4, -0.2) is 18.4 Å². The molecule has 2 aromatic rings. The molecule has 118 valence electrons. The van der Waals surface area contributed by atoms with Gasteiger partial charge in [0, 0.05) is 23.7 Å². The minimum absolute atomic E-state index is 0.137. The van der Waals surface area contributed by atoms with E-state index in [1.54, 1.807) is 53.4 Å². The molecule has 0 N–H and O–H groups in total. The smallest absolute Gasteiger partial charge is 0.315 e. The van der Waals surface area contributed by atoms with Gasteiger partial charge < -0.3 is 9.64 Å². The van der Waals surface area contributed by atoms with E-state index in [0.29, 0.717) is 17.2 Å². The average Bonchev–Trinajstić information content (AvgIpc) is 2.96. The highest BCUT2D eigenvalue weighted by molar-refractivity contribution is 6.30. The van der Waals surface area contributed by atoms with Gasteiger partial charge in [-0.15, -0.1) is 0 Å². The number of esters is 1. The number of amides is 1. The summed E-state index contributed by atoms with van der Waals surface area (Å²) < 4.78 is 5.32. The van der Waals surface area contributed by atoms with Gasteiger partial charge in [0.2, 0.25) is 5.91 Å². The summed E-state index contributed by atoms with van der Waals surface area (Å²) in [7, 11) is 0. The quantitative estimate of drug-likeness (QED) is 0.636. The first-order chi connectivity index (χ1) is 11.1. The largest absolute Gasteiger partial charge is 0.426 e. The predicted molar refractivity (Wildman–Crippen MR) is 88.8 cm³/mol. The summed E-state index contributed by atoms with van der Waals surface area (Å²) in [6, 6.07) is 14.1. The number of halogens is 1. The van der Waals surface area contributed by atoms with Crippen molar-refractivity contribution in [3.8, 4) is 5.75 Å². The van der Waals surface area contributed by atoms with Crippen LogP contribution in [0.5, 0.6) is 5.75 Å². The van der Waals surface area contributed by atoms with Crippen LogP contribution in [0.4, 0.5) is 5.69 Å². The van der Waals surface area contributed by atoms with Gasteiger partial charge in [-0.25, -0.2) is 0 Å². The van der Waals surface area contributed by atoms with Gasteiger partial charge >= 0.3 is 5.97 Å². The van der Waals surface area contributed by atoms with Crippen LogP contribution in [0.25, 0.3) is 0 Å². The van der Waals surface area contributed by atoms with Crippen molar-refractivity contribution >= 4 is 29.2 Å². The lowest BCUT2D eigenvalue weighted by Gasteiger charge is -2.15. The Kier molecular flexibility index (Phi) is 4.63. The van der Waals surface area contributed by atoms with Crippen LogP contribution in [0, 0.1) is 0 Å². The van der Waals surface area contributed by atoms with Gasteiger partial charge in [-0.1, -0.05) is 23.7 Å². The Balaban J connectivity index is 1.60. The van der Waals surface area contributed by atoms with Crippen LogP contribution < -0.4 is 9.64 Å². The van der Waals surface area contributed by atoms with Gasteiger partial charge in [0.1, 0.15) is 5.75 Å². The number of rotatable bonds is 4. The number of anilines is 1. The van der Waals surface area contributed by atoms with Crippen molar-refractivity contribution in [2.45, 2.75) is 19.3 Å². The lowest BCUT2D eigenvalue weighted by Crippen LogP contribution is -2.23. The van der Waals surface area contributed by atoms with Crippen molar-refractivity contribution in [3.63, 3.8) is 0 Å². The molecule has 1 heterocycles. The summed E-state index contributed by atoms with van der Waals surface area (Å²) in [5.74, 6) is 0.272. The molecule has 1 aliphatic rings. The lowest BCUT2D eigenvalue weighted by molar-refractivity contribution is -0.133. The molecule has 0 unspecified atom stereocenters. The number of nitrogens with zero attached hydrogens (tertiary/aromatic N) is 1. The second-order valence-corrected chi connectivity index (χ2v) is 5.86. The standard InChI is InChI=1S/C18H16ClNO3/c19-14-5-3-13(4-6-14)12-18(22)23-16-9-7-15(8-10-16)20-11-1-2-17(20)21/h3-10H,1-2,11-12H2. The molecule has 23 heavy (non-hydrogen) atoms. The molecule has 2 aromatic carbocycles. The van der Waals surface area contributed by atoms with Gasteiger partial charge in [-0.2, -0.15) is 0 Å². The zero-order valence-electron chi connectivity index (χ0n) is 12.5. The van der Waals surface area contributed by atoms with E-state index in [-0.39, 0.29) is 18.3 Å². The minimum atomic E-state index is -0.336. The van der Waals surface area contributed by atoms with Crippen molar-refractivity contribution in [3.05, 3.63) is 59.1 Å². The third-order valence-corrected chi connectivity index (χ3v) is 3.97. The van der Waals surface area contributed by atoms with Crippen LogP contribution in [0.2, 0.25) is 5.02 Å². The zero-order valence-corrected chi connectivity index (χ0v) is 13.3. The van der Waals surface area contributed by atoms with Gasteiger partial charge in [0.25, 0.3) is 0 Å². The van der Waals surface area contributed by atoms with Crippen molar-refractivity contribution in [1.82, 2.24) is 0 Å². The van der Waals surface area contributed by atoms with Gasteiger partial charge in [0.15, 0.2) is 0 Å². The third kappa shape index (κ3) is 3.90. The second kappa shape index (κ2) is 6.84. The molecule has 4 nitrogen and oxygen atoms in total. The number of benzene rings is 2. The van der Waals surface area contributed by atoms with E-state index in [9.17, 15) is 9.59 Å². The highest BCUT2D eigenvalue weighted by atomic mass is 35.5. The van der Waals surface area contributed by atoms with E-state index in [4.69, 9.17) is 16.3 Å². The molecule has 0 radical (unpaired) electrons. The maximum Gasteiger partial charge on any atom is 0.315 e. The molecule has 1 aliphatic heterocycles. The number of hydrogen-bond donors (Lipinski definition) is 0. The van der Waals surface area contributed by atoms with Crippen LogP contribution in [0.1, 0.15) is 18.4 Å². The average molecular weight is 330 g/mol. The Morgan fingerprint density at radius 1 is 1.09 bits per heavy atom. The van der Waals surface area contributed by atoms with E-state index in [1.165, 1.54) is 0 Å².